The van der Waals surface area contributed by atoms with Gasteiger partial charge < -0.3 is 73.8 Å². The van der Waals surface area contributed by atoms with Crippen molar-refractivity contribution in [3.8, 4) is 0 Å². The molecule has 1 aliphatic heterocycles. The number of amides is 2. The van der Waals surface area contributed by atoms with E-state index in [1.54, 1.807) is 0 Å². The zero-order valence-electron chi connectivity index (χ0n) is 38.9. The Morgan fingerprint density at radius 2 is 1.64 bits per heavy atom. The van der Waals surface area contributed by atoms with Crippen molar-refractivity contribution in [2.24, 2.45) is 10.8 Å². The van der Waals surface area contributed by atoms with Crippen LogP contribution in [0.1, 0.15) is 96.4 Å². The molecule has 7 atom stereocenters. The van der Waals surface area contributed by atoms with Crippen LogP contribution in [-0.4, -0.2) is 110 Å². The molecule has 0 radical (unpaired) electrons. The van der Waals surface area contributed by atoms with E-state index in [2.05, 4.69) is 61.7 Å². The number of aryl methyl sites for hydroxylation is 2. The number of imidazole rings is 1. The van der Waals surface area contributed by atoms with Crippen LogP contribution in [0.25, 0.3) is 11.2 Å². The van der Waals surface area contributed by atoms with E-state index in [9.17, 15) is 62.7 Å². The summed E-state index contributed by atoms with van der Waals surface area (Å²) in [7, 11) is -17.7. The van der Waals surface area contributed by atoms with Crippen LogP contribution >= 0.6 is 23.5 Å². The first-order valence-corrected chi connectivity index (χ1v) is 26.6. The number of nitrogens with zero attached hydrogens (tertiary/aromatic N) is 4. The van der Waals surface area contributed by atoms with Crippen LogP contribution in [0.15, 0.2) is 36.9 Å². The van der Waals surface area contributed by atoms with Crippen LogP contribution in [0.5, 0.6) is 0 Å². The standard InChI is InChI=1S/C41H62N7O19P3/c1-39(2,14-6-10-26-8-5-9-27(20-26)11-7-15-41(16-17-41)62-25-49)29(50)12-18-43-30(51)13-19-44-37(54)34(53)40(3,4)22-64-70(60,61)67-69(58,59)63-21-28-33(66-68(55,56)57)32(52)38(65-28)48-24-47-31-35(42)45-23-46-36(31)48/h5,8-9,20,23-25,28,32-34,38,52-53H,6-7,10-19,21-22H2,1-4H3,(H,43,51)(H,44,54)(H,58,59)(H,60,61)(H2,42,45,46)(H2,55,56,57)/p-4. The number of nitrogens with two attached hydrogens (primary N) is 1. The number of aliphatic hydroxyl groups excluding tert-OH is 2. The van der Waals surface area contributed by atoms with Crippen LogP contribution in [0, 0.1) is 10.8 Å². The minimum atomic E-state index is -5.94. The molecule has 26 nitrogen and oxygen atoms in total. The zero-order valence-corrected chi connectivity index (χ0v) is 41.6. The number of ether oxygens (including phenoxy) is 2. The molecule has 3 aromatic rings. The fourth-order valence-electron chi connectivity index (χ4n) is 7.67. The monoisotopic (exact) mass is 1050 g/mol. The second kappa shape index (κ2) is 23.6. The third-order valence-electron chi connectivity index (χ3n) is 11.9. The molecule has 2 fully saturated rings. The summed E-state index contributed by atoms with van der Waals surface area (Å²) in [6, 6.07) is 8.31. The first-order chi connectivity index (χ1) is 32.7. The van der Waals surface area contributed by atoms with Gasteiger partial charge in [-0.3, -0.25) is 32.9 Å². The number of phosphoric acid groups is 3. The van der Waals surface area contributed by atoms with Crippen molar-refractivity contribution in [3.05, 3.63) is 48.0 Å². The van der Waals surface area contributed by atoms with E-state index in [1.165, 1.54) is 25.0 Å². The third kappa shape index (κ3) is 16.5. The smallest absolute Gasteiger partial charge is 0.293 e. The Morgan fingerprint density at radius 3 is 2.30 bits per heavy atom. The number of nitrogen functional groups attached to an aromatic ring is 1. The van der Waals surface area contributed by atoms with E-state index in [1.807, 2.05) is 19.9 Å². The highest BCUT2D eigenvalue weighted by atomic mass is 31.3. The lowest BCUT2D eigenvalue weighted by Gasteiger charge is -2.36. The van der Waals surface area contributed by atoms with Gasteiger partial charge in [-0.1, -0.05) is 52.0 Å². The van der Waals surface area contributed by atoms with Gasteiger partial charge in [0.25, 0.3) is 22.1 Å². The van der Waals surface area contributed by atoms with Crippen molar-refractivity contribution in [3.63, 3.8) is 0 Å². The Hall–Kier alpha value is -4.10. The van der Waals surface area contributed by atoms with Gasteiger partial charge >= 0.3 is 0 Å². The van der Waals surface area contributed by atoms with Gasteiger partial charge in [0.05, 0.1) is 27.4 Å². The van der Waals surface area contributed by atoms with Crippen molar-refractivity contribution in [1.82, 2.24) is 30.2 Å². The summed E-state index contributed by atoms with van der Waals surface area (Å²) >= 11 is 0. The minimum absolute atomic E-state index is 0.0264. The number of Topliss-reactive ketones (excluding diaryl/α,β-unsaturated/α-hetero) is 1. The number of nitrogens with one attached hydrogen (secondary N) is 2. The fraction of sp³-hybridized carbons (Fsp3) is 0.634. The number of fused-ring (bicyclic) bond motifs is 1. The zero-order chi connectivity index (χ0) is 51.7. The van der Waals surface area contributed by atoms with Crippen molar-refractivity contribution in [2.45, 2.75) is 128 Å². The Kier molecular flexibility index (Phi) is 19.2. The summed E-state index contributed by atoms with van der Waals surface area (Å²) in [6.07, 6.45) is -0.999. The quantitative estimate of drug-likeness (QED) is 0.0430. The number of rotatable bonds is 30. The predicted octanol–water partition coefficient (Wildman–Crippen LogP) is -0.0865. The molecule has 390 valence electrons. The minimum Gasteiger partial charge on any atom is -0.790 e. The molecule has 0 spiro atoms. The summed E-state index contributed by atoms with van der Waals surface area (Å²) in [6.45, 7) is 4.14. The van der Waals surface area contributed by atoms with E-state index in [0.29, 0.717) is 12.9 Å². The van der Waals surface area contributed by atoms with Crippen LogP contribution in [0.3, 0.4) is 0 Å². The van der Waals surface area contributed by atoms with Gasteiger partial charge in [0, 0.05) is 36.8 Å². The number of aromatic nitrogens is 4. The molecular formula is C41H58N7O19P3-4. The SMILES string of the molecule is CC(C)(CCCc1cccc(CCCC2(OC=O)CC2)c1)C(=O)CCNC(=O)CCNC(=O)C(O)C(C)(C)COP(=O)([O-])OP(=O)([O-])OCC1OC(n2cnc3c(N)ncnc32)C(O)C1OP(=O)([O-])[O-]. The largest absolute Gasteiger partial charge is 0.790 e. The normalized spacial score (nSPS) is 21.3. The molecule has 7 unspecified atom stereocenters. The Morgan fingerprint density at radius 1 is 0.986 bits per heavy atom. The molecule has 1 aromatic carbocycles. The maximum absolute atomic E-state index is 13.1. The molecule has 1 saturated heterocycles. The van der Waals surface area contributed by atoms with E-state index >= 15 is 0 Å². The first-order valence-electron chi connectivity index (χ1n) is 22.2. The van der Waals surface area contributed by atoms with E-state index in [-0.39, 0.29) is 54.3 Å². The fourth-order valence-corrected chi connectivity index (χ4v) is 10.4. The van der Waals surface area contributed by atoms with Crippen LogP contribution in [0.2, 0.25) is 0 Å². The molecule has 70 heavy (non-hydrogen) atoms. The van der Waals surface area contributed by atoms with Crippen LogP contribution < -0.4 is 35.9 Å². The van der Waals surface area contributed by atoms with E-state index < -0.39 is 90.0 Å². The highest BCUT2D eigenvalue weighted by Gasteiger charge is 2.48. The predicted molar refractivity (Wildman–Crippen MR) is 236 cm³/mol. The number of carbonyl (C=O) groups is 4. The summed E-state index contributed by atoms with van der Waals surface area (Å²) in [5, 5.41) is 26.5. The van der Waals surface area contributed by atoms with Gasteiger partial charge in [0.15, 0.2) is 17.7 Å². The number of ketones is 1. The Bertz CT molecular complexity index is 2470. The second-order valence-corrected chi connectivity index (χ2v) is 22.5. The lowest BCUT2D eigenvalue weighted by molar-refractivity contribution is -0.347. The molecular weight excluding hydrogens is 987 g/mol. The van der Waals surface area contributed by atoms with Crippen LogP contribution in [0.4, 0.5) is 5.82 Å². The molecule has 3 heterocycles. The van der Waals surface area contributed by atoms with Crippen molar-refractivity contribution >= 4 is 64.5 Å². The Labute approximate surface area is 402 Å². The number of benzene rings is 1. The van der Waals surface area contributed by atoms with Gasteiger partial charge in [-0.2, -0.15) is 0 Å². The molecule has 2 aromatic heterocycles. The molecule has 6 N–H and O–H groups in total. The van der Waals surface area contributed by atoms with Crippen molar-refractivity contribution in [2.75, 3.05) is 32.0 Å². The van der Waals surface area contributed by atoms with Crippen LogP contribution in [-0.2, 0) is 73.1 Å². The lowest BCUT2D eigenvalue weighted by atomic mass is 9.81. The average Bonchev–Trinajstić information content (AvgIpc) is 3.78. The molecule has 29 heteroatoms. The number of phosphoric ester groups is 3. The van der Waals surface area contributed by atoms with Gasteiger partial charge in [0.2, 0.25) is 11.8 Å². The molecule has 0 bridgehead atoms. The number of carbonyl (C=O) groups excluding carboxylic acids is 4. The summed E-state index contributed by atoms with van der Waals surface area (Å²) < 4.78 is 66.2. The second-order valence-electron chi connectivity index (χ2n) is 18.5. The molecule has 2 amide bonds. The summed E-state index contributed by atoms with van der Waals surface area (Å²) in [5.74, 6) is -1.65. The first kappa shape index (κ1) is 56.8. The number of anilines is 1. The highest BCUT2D eigenvalue weighted by molar-refractivity contribution is 7.59. The topological polar surface area (TPSA) is 401 Å². The maximum atomic E-state index is 13.1. The van der Waals surface area contributed by atoms with E-state index in [0.717, 1.165) is 62.2 Å². The van der Waals surface area contributed by atoms with E-state index in [4.69, 9.17) is 15.2 Å². The molecule has 2 aliphatic rings. The number of hydrogen-bond donors (Lipinski definition) is 5. The van der Waals surface area contributed by atoms with Gasteiger partial charge in [-0.05, 0) is 62.5 Å². The van der Waals surface area contributed by atoms with Crippen molar-refractivity contribution in [1.29, 1.82) is 0 Å². The van der Waals surface area contributed by atoms with Gasteiger partial charge in [0.1, 0.15) is 47.6 Å². The number of aliphatic hydroxyl groups is 2. The lowest BCUT2D eigenvalue weighted by Crippen LogP contribution is -2.46. The average molecular weight is 1050 g/mol. The molecule has 5 rings (SSSR count). The van der Waals surface area contributed by atoms with Gasteiger partial charge in [-0.25, -0.2) is 19.3 Å². The summed E-state index contributed by atoms with van der Waals surface area (Å²) in [5.41, 5.74) is 5.50. The molecule has 1 aliphatic carbocycles. The van der Waals surface area contributed by atoms with Crippen molar-refractivity contribution < 1.29 is 90.0 Å². The van der Waals surface area contributed by atoms with Gasteiger partial charge in [-0.15, -0.1) is 0 Å². The summed E-state index contributed by atoms with van der Waals surface area (Å²) in [4.78, 5) is 109. The highest BCUT2D eigenvalue weighted by Crippen LogP contribution is 2.56. The number of hydrogen-bond acceptors (Lipinski definition) is 23. The maximum Gasteiger partial charge on any atom is 0.293 e. The third-order valence-corrected chi connectivity index (χ3v) is 15.0. The Balaban J connectivity index is 0.989. The molecule has 1 saturated carbocycles.